The summed E-state index contributed by atoms with van der Waals surface area (Å²) in [6, 6.07) is -1.06. The van der Waals surface area contributed by atoms with Crippen LogP contribution in [0.1, 0.15) is 26.2 Å². The zero-order valence-electron chi connectivity index (χ0n) is 13.5. The molecule has 0 aromatic carbocycles. The van der Waals surface area contributed by atoms with Gasteiger partial charge in [0.25, 0.3) is 0 Å². The summed E-state index contributed by atoms with van der Waals surface area (Å²) in [5.74, 6) is -1.17. The molecule has 0 saturated carbocycles. The van der Waals surface area contributed by atoms with Crippen molar-refractivity contribution in [1.29, 1.82) is 0 Å². The van der Waals surface area contributed by atoms with Gasteiger partial charge < -0.3 is 20.0 Å². The van der Waals surface area contributed by atoms with Gasteiger partial charge in [-0.1, -0.05) is 13.3 Å². The number of hydrogen-bond acceptors (Lipinski definition) is 4. The molecular weight excluding hydrogens is 313 g/mol. The Kier molecular flexibility index (Phi) is 6.64. The number of aliphatic hydroxyl groups excluding tert-OH is 1. The van der Waals surface area contributed by atoms with Crippen LogP contribution in [0.25, 0.3) is 0 Å². The minimum absolute atomic E-state index is 0.0150. The molecule has 2 atom stereocenters. The number of hydrogen-bond donors (Lipinski definition) is 2. The van der Waals surface area contributed by atoms with Crippen LogP contribution in [0.2, 0.25) is 0 Å². The first-order valence-electron chi connectivity index (χ1n) is 7.41. The van der Waals surface area contributed by atoms with Crippen LogP contribution in [-0.2, 0) is 4.79 Å². The van der Waals surface area contributed by atoms with Crippen molar-refractivity contribution in [3.05, 3.63) is 23.4 Å². The van der Waals surface area contributed by atoms with Gasteiger partial charge in [0.2, 0.25) is 0 Å². The van der Waals surface area contributed by atoms with E-state index in [0.717, 1.165) is 11.1 Å². The van der Waals surface area contributed by atoms with Gasteiger partial charge in [0.1, 0.15) is 12.3 Å². The predicted octanol–water partition coefficient (Wildman–Crippen LogP) is 2.20. The van der Waals surface area contributed by atoms with Gasteiger partial charge in [-0.25, -0.2) is 4.79 Å². The average molecular weight is 336 g/mol. The molecule has 0 aromatic rings. The molecule has 0 amide bonds. The fraction of sp³-hybridized carbons (Fsp3) is 0.667. The van der Waals surface area contributed by atoms with Gasteiger partial charge in [-0.2, -0.15) is 13.2 Å². The molecule has 8 heteroatoms. The first-order valence-corrected chi connectivity index (χ1v) is 7.41. The average Bonchev–Trinajstić information content (AvgIpc) is 2.42. The zero-order valence-corrected chi connectivity index (χ0v) is 13.5. The van der Waals surface area contributed by atoms with Crippen molar-refractivity contribution in [1.82, 2.24) is 9.80 Å². The second-order valence-corrected chi connectivity index (χ2v) is 5.79. The van der Waals surface area contributed by atoms with Crippen LogP contribution < -0.4 is 0 Å². The lowest BCUT2D eigenvalue weighted by Gasteiger charge is -2.36. The van der Waals surface area contributed by atoms with Crippen molar-refractivity contribution in [2.45, 2.75) is 44.6 Å². The fourth-order valence-electron chi connectivity index (χ4n) is 2.44. The smallest absolute Gasteiger partial charge is 0.416 e. The van der Waals surface area contributed by atoms with E-state index < -0.39 is 30.0 Å². The van der Waals surface area contributed by atoms with Crippen LogP contribution in [0.5, 0.6) is 0 Å². The third kappa shape index (κ3) is 5.24. The van der Waals surface area contributed by atoms with E-state index in [0.29, 0.717) is 19.0 Å². The number of aliphatic carboxylic acids is 1. The van der Waals surface area contributed by atoms with E-state index in [2.05, 4.69) is 0 Å². The van der Waals surface area contributed by atoms with Gasteiger partial charge in [0, 0.05) is 12.7 Å². The van der Waals surface area contributed by atoms with Crippen LogP contribution in [0.3, 0.4) is 0 Å². The van der Waals surface area contributed by atoms with E-state index in [-0.39, 0.29) is 18.4 Å². The lowest BCUT2D eigenvalue weighted by atomic mass is 9.97. The zero-order chi connectivity index (χ0) is 17.8. The summed E-state index contributed by atoms with van der Waals surface area (Å²) >= 11 is 0. The molecular formula is C15H23F3N2O3. The van der Waals surface area contributed by atoms with E-state index in [9.17, 15) is 28.2 Å². The van der Waals surface area contributed by atoms with Crippen LogP contribution >= 0.6 is 0 Å². The van der Waals surface area contributed by atoms with Crippen LogP contribution in [0.15, 0.2) is 23.4 Å². The number of alkyl halides is 3. The first-order chi connectivity index (χ1) is 10.6. The number of carbonyl (C=O) groups is 1. The van der Waals surface area contributed by atoms with Crippen molar-refractivity contribution in [2.75, 3.05) is 20.6 Å². The third-order valence-electron chi connectivity index (χ3n) is 3.61. The summed E-state index contributed by atoms with van der Waals surface area (Å²) in [5.41, 5.74) is -0.914. The van der Waals surface area contributed by atoms with Crippen molar-refractivity contribution in [3.8, 4) is 0 Å². The Labute approximate surface area is 133 Å². The quantitative estimate of drug-likeness (QED) is 0.746. The molecule has 1 heterocycles. The standard InChI is InChI=1S/C15H23F3N2O3/c1-4-5-12(14(22)23)20-9-10(6-7-19(2)3)11(8-13(20)21)15(16,17)18/h8-9,12-13,21H,4-7H2,1-3H3,(H,22,23). The minimum Gasteiger partial charge on any atom is -0.480 e. The molecule has 0 saturated heterocycles. The highest BCUT2D eigenvalue weighted by molar-refractivity contribution is 5.73. The van der Waals surface area contributed by atoms with Gasteiger partial charge in [0.05, 0.1) is 5.57 Å². The van der Waals surface area contributed by atoms with E-state index in [1.807, 2.05) is 0 Å². The lowest BCUT2D eigenvalue weighted by Crippen LogP contribution is -2.45. The molecule has 2 N–H and O–H groups in total. The Morgan fingerprint density at radius 2 is 2.04 bits per heavy atom. The number of aliphatic hydroxyl groups is 1. The molecule has 0 radical (unpaired) electrons. The first kappa shape index (κ1) is 19.5. The second-order valence-electron chi connectivity index (χ2n) is 5.79. The Bertz CT molecular complexity index is 487. The van der Waals surface area contributed by atoms with E-state index in [1.165, 1.54) is 0 Å². The van der Waals surface area contributed by atoms with Crippen molar-refractivity contribution >= 4 is 5.97 Å². The van der Waals surface area contributed by atoms with Crippen LogP contribution in [0.4, 0.5) is 13.2 Å². The summed E-state index contributed by atoms with van der Waals surface area (Å²) in [5, 5.41) is 19.2. The van der Waals surface area contributed by atoms with E-state index >= 15 is 0 Å². The number of nitrogens with zero attached hydrogens (tertiary/aromatic N) is 2. The summed E-state index contributed by atoms with van der Waals surface area (Å²) < 4.78 is 39.5. The highest BCUT2D eigenvalue weighted by Crippen LogP contribution is 2.36. The molecule has 23 heavy (non-hydrogen) atoms. The molecule has 132 valence electrons. The number of allylic oxidation sites excluding steroid dienone is 1. The minimum atomic E-state index is -4.59. The molecule has 0 aromatic heterocycles. The second kappa shape index (κ2) is 7.83. The summed E-state index contributed by atoms with van der Waals surface area (Å²) in [6.45, 7) is 2.16. The van der Waals surface area contributed by atoms with Gasteiger partial charge in [-0.05, 0) is 38.6 Å². The lowest BCUT2D eigenvalue weighted by molar-refractivity contribution is -0.145. The molecule has 5 nitrogen and oxygen atoms in total. The maximum atomic E-state index is 13.2. The van der Waals surface area contributed by atoms with Crippen molar-refractivity contribution in [3.63, 3.8) is 0 Å². The van der Waals surface area contributed by atoms with E-state index in [1.54, 1.807) is 25.9 Å². The Morgan fingerprint density at radius 3 is 2.48 bits per heavy atom. The van der Waals surface area contributed by atoms with Crippen LogP contribution in [-0.4, -0.2) is 65.1 Å². The van der Waals surface area contributed by atoms with Gasteiger partial charge in [0.15, 0.2) is 0 Å². The molecule has 1 rings (SSSR count). The summed E-state index contributed by atoms with van der Waals surface area (Å²) in [7, 11) is 3.48. The molecule has 0 bridgehead atoms. The number of rotatable bonds is 7. The van der Waals surface area contributed by atoms with Crippen molar-refractivity contribution in [2.24, 2.45) is 0 Å². The normalized spacial score (nSPS) is 20.3. The largest absolute Gasteiger partial charge is 0.480 e. The predicted molar refractivity (Wildman–Crippen MR) is 79.6 cm³/mol. The summed E-state index contributed by atoms with van der Waals surface area (Å²) in [6.07, 6.45) is -3.48. The molecule has 0 spiro atoms. The van der Waals surface area contributed by atoms with Gasteiger partial charge in [-0.15, -0.1) is 0 Å². The molecule has 0 aliphatic carbocycles. The number of halogens is 3. The fourth-order valence-corrected chi connectivity index (χ4v) is 2.44. The SMILES string of the molecule is CCCC(C(=O)O)N1C=C(CCN(C)C)C(C(F)(F)F)=CC1O. The Balaban J connectivity index is 3.16. The maximum Gasteiger partial charge on any atom is 0.416 e. The highest BCUT2D eigenvalue weighted by atomic mass is 19.4. The molecule has 1 aliphatic rings. The Morgan fingerprint density at radius 1 is 1.43 bits per heavy atom. The molecule has 1 aliphatic heterocycles. The highest BCUT2D eigenvalue weighted by Gasteiger charge is 2.40. The van der Waals surface area contributed by atoms with Crippen LogP contribution in [0, 0.1) is 0 Å². The molecule has 2 unspecified atom stereocenters. The third-order valence-corrected chi connectivity index (χ3v) is 3.61. The Hall–Kier alpha value is -1.54. The monoisotopic (exact) mass is 336 g/mol. The van der Waals surface area contributed by atoms with E-state index in [4.69, 9.17) is 0 Å². The van der Waals surface area contributed by atoms with Gasteiger partial charge >= 0.3 is 12.1 Å². The maximum absolute atomic E-state index is 13.2. The van der Waals surface area contributed by atoms with Crippen molar-refractivity contribution < 1.29 is 28.2 Å². The van der Waals surface area contributed by atoms with Gasteiger partial charge in [-0.3, -0.25) is 0 Å². The topological polar surface area (TPSA) is 64.0 Å². The molecule has 0 fully saturated rings. The number of carboxylic acids is 1. The number of carboxylic acid groups (broad SMARTS) is 1. The summed E-state index contributed by atoms with van der Waals surface area (Å²) in [4.78, 5) is 14.2.